The zero-order valence-electron chi connectivity index (χ0n) is 49.2. The summed E-state index contributed by atoms with van der Waals surface area (Å²) in [4.78, 5) is 0. The Kier molecular flexibility index (Phi) is 64.1. The predicted octanol–water partition coefficient (Wildman–Crippen LogP) is 12.4. The molecule has 0 atom stereocenters. The fourth-order valence-corrected chi connectivity index (χ4v) is 16.8. The van der Waals surface area contributed by atoms with E-state index in [0.717, 1.165) is 39.6 Å². The molecule has 0 aromatic rings. The molecule has 3 aliphatic heterocycles. The Bertz CT molecular complexity index is 1470. The van der Waals surface area contributed by atoms with Crippen molar-refractivity contribution in [3.8, 4) is 0 Å². The van der Waals surface area contributed by atoms with Crippen LogP contribution in [-0.4, -0.2) is 211 Å². The first-order valence-corrected chi connectivity index (χ1v) is 34.5. The van der Waals surface area contributed by atoms with Crippen LogP contribution in [0, 0.1) is 0 Å². The van der Waals surface area contributed by atoms with Crippen LogP contribution in [0.25, 0.3) is 0 Å². The van der Waals surface area contributed by atoms with Gasteiger partial charge in [0.05, 0.1) is 0 Å². The third-order valence-electron chi connectivity index (χ3n) is 8.11. The van der Waals surface area contributed by atoms with E-state index in [1.54, 1.807) is 0 Å². The second-order valence-electron chi connectivity index (χ2n) is 17.6. The van der Waals surface area contributed by atoms with Crippen LogP contribution in [-0.2, 0) is 113 Å². The van der Waals surface area contributed by atoms with E-state index in [1.165, 1.54) is 38.5 Å². The molecule has 0 unspecified atom stereocenters. The Balaban J connectivity index is -0.000000228. The van der Waals surface area contributed by atoms with E-state index < -0.39 is 221 Å². The van der Waals surface area contributed by atoms with Crippen LogP contribution < -0.4 is 24.8 Å². The standard InChI is InChI=1S/3C9H10F12O4P2.3C4H8O.2Au.2ClH/c3*10-6(11,12)1-22-26(23-2-7(13,14)15)5-27(24-3-8(16,17)18)25-4-9(19,20)21;3*1-2-4-5-3-1;;;;/h3*1-5H2;3*1-4H2;;;2*1H/q;;;;;;2*+1;;/p+4. The zero-order valence-corrected chi connectivity index (χ0v) is 61.0. The van der Waals surface area contributed by atoms with Gasteiger partial charge in [0.1, 0.15) is 0 Å². The fourth-order valence-electron chi connectivity index (χ4n) is 4.69. The number of alkyl halides is 36. The van der Waals surface area contributed by atoms with E-state index in [-0.39, 0.29) is 69.6 Å². The molecule has 3 saturated heterocycles. The Morgan fingerprint density at radius 2 is 0.260 bits per heavy atom. The van der Waals surface area contributed by atoms with Gasteiger partial charge in [-0.3, -0.25) is 0 Å². The van der Waals surface area contributed by atoms with Crippen molar-refractivity contribution < 1.29 is 296 Å². The van der Waals surface area contributed by atoms with Crippen molar-refractivity contribution in [3.05, 3.63) is 0 Å². The zero-order chi connectivity index (χ0) is 75.2. The van der Waals surface area contributed by atoms with Gasteiger partial charge in [0.2, 0.25) is 0 Å². The van der Waals surface area contributed by atoms with Crippen LogP contribution >= 0.6 is 50.3 Å². The molecule has 0 N–H and O–H groups in total. The first-order chi connectivity index (χ1) is 43.1. The molecule has 618 valence electrons. The number of hydrogen-bond donors (Lipinski definition) is 0. The molecule has 3 rings (SSSR count). The van der Waals surface area contributed by atoms with Gasteiger partial charge in [0.25, 0.3) is 17.7 Å². The van der Waals surface area contributed by atoms with Crippen LogP contribution in [0.1, 0.15) is 38.5 Å². The minimum absolute atomic E-state index is 0. The monoisotopic (exact) mass is 2100 g/mol. The van der Waals surface area contributed by atoms with Crippen molar-refractivity contribution in [2.24, 2.45) is 0 Å². The summed E-state index contributed by atoms with van der Waals surface area (Å²) >= 11 is 0. The smallest absolute Gasteiger partial charge is 1.00 e. The molecule has 100 heavy (non-hydrogen) atoms. The summed E-state index contributed by atoms with van der Waals surface area (Å²) in [5.74, 6) is -3.69. The van der Waals surface area contributed by atoms with E-state index in [0.29, 0.717) is 0 Å². The Morgan fingerprint density at radius 1 is 0.180 bits per heavy atom. The molecule has 0 saturated carbocycles. The minimum Gasteiger partial charge on any atom is -1.00 e. The van der Waals surface area contributed by atoms with E-state index in [1.807, 2.05) is 0 Å². The van der Waals surface area contributed by atoms with Gasteiger partial charge in [-0.1, -0.05) is 0 Å². The second kappa shape index (κ2) is 55.8. The summed E-state index contributed by atoms with van der Waals surface area (Å²) in [6, 6.07) is 0. The second-order valence-corrected chi connectivity index (χ2v) is 29.7. The third-order valence-corrected chi connectivity index (χ3v) is 20.6. The Morgan fingerprint density at radius 3 is 0.310 bits per heavy atom. The molecule has 3 heterocycles. The number of halogens is 38. The summed E-state index contributed by atoms with van der Waals surface area (Å²) in [7, 11) is -21.7. The molecular formula is C39H60Au2Cl2F36O15P6+6. The molecule has 0 aliphatic carbocycles. The molecule has 0 spiro atoms. The summed E-state index contributed by atoms with van der Waals surface area (Å²) in [5, 5.41) is 0. The normalized spacial score (nSPS) is 15.3. The maximum absolute atomic E-state index is 12.1. The number of rotatable bonds is 30. The summed E-state index contributed by atoms with van der Waals surface area (Å²) in [6.07, 6.45) is -52.6. The van der Waals surface area contributed by atoms with Crippen LogP contribution in [0.5, 0.6) is 0 Å². The van der Waals surface area contributed by atoms with Gasteiger partial charge >= 0.3 is 169 Å². The maximum Gasteiger partial charge on any atom is 1.00 e. The van der Waals surface area contributed by atoms with Gasteiger partial charge in [-0.2, -0.15) is 212 Å². The maximum atomic E-state index is 12.1. The molecule has 0 aromatic heterocycles. The average Bonchev–Trinajstić information content (AvgIpc) is 1.43. The van der Waals surface area contributed by atoms with Gasteiger partial charge in [-0.25, -0.2) is 0 Å². The summed E-state index contributed by atoms with van der Waals surface area (Å²) in [6.45, 7) is -19.4. The van der Waals surface area contributed by atoms with Gasteiger partial charge in [0, 0.05) is 39.6 Å². The van der Waals surface area contributed by atoms with Gasteiger partial charge < -0.3 is 39.0 Å². The third kappa shape index (κ3) is 95.6. The molecule has 0 bridgehead atoms. The molecule has 61 heteroatoms. The SMILES string of the molecule is C1CCOC1.C1CCOC1.C1CCOC1.FC(F)(F)CO[PH+](C[PH+](OCC(F)(F)F)OCC(F)(F)F)OCC(F)(F)F.FC(F)(F)CO[PH+](C[PH+](OCC(F)(F)F)OCC(F)(F)F)OCC(F)(F)F.FC(F)(F)CO[PH+](C[PH+](OCC(F)(F)F)OCC(F)(F)F)OCC(F)(F)F.[Au+].[Au+].[Cl-].[Cl-]. The largest absolute Gasteiger partial charge is 1.00 e. The molecular weight excluding hydrogens is 2040 g/mol. The van der Waals surface area contributed by atoms with Crippen LogP contribution in [0.2, 0.25) is 0 Å². The van der Waals surface area contributed by atoms with E-state index in [4.69, 9.17) is 14.2 Å². The summed E-state index contributed by atoms with van der Waals surface area (Å²) in [5.41, 5.74) is 0. The Labute approximate surface area is 593 Å². The van der Waals surface area contributed by atoms with Gasteiger partial charge in [-0.15, -0.1) is 0 Å². The number of ether oxygens (including phenoxy) is 3. The first kappa shape index (κ1) is 115. The van der Waals surface area contributed by atoms with Crippen molar-refractivity contribution >= 4 is 50.3 Å². The van der Waals surface area contributed by atoms with Crippen molar-refractivity contribution in [3.63, 3.8) is 0 Å². The fraction of sp³-hybridized carbons (Fsp3) is 1.00. The van der Waals surface area contributed by atoms with Crippen LogP contribution in [0.3, 0.4) is 0 Å². The minimum atomic E-state index is -5.02. The topological polar surface area (TPSA) is 138 Å². The molecule has 0 amide bonds. The quantitative estimate of drug-likeness (QED) is 0.0383. The Hall–Kier alpha value is 1.52. The molecule has 0 aromatic carbocycles. The van der Waals surface area contributed by atoms with Gasteiger partial charge in [0.15, 0.2) is 79.3 Å². The van der Waals surface area contributed by atoms with E-state index >= 15 is 0 Å². The summed E-state index contributed by atoms with van der Waals surface area (Å²) < 4.78 is 499. The first-order valence-electron chi connectivity index (χ1n) is 25.3. The predicted molar refractivity (Wildman–Crippen MR) is 269 cm³/mol. The van der Waals surface area contributed by atoms with E-state index in [9.17, 15) is 158 Å². The molecule has 0 radical (unpaired) electrons. The molecule has 3 aliphatic rings. The van der Waals surface area contributed by atoms with Crippen LogP contribution in [0.15, 0.2) is 0 Å². The van der Waals surface area contributed by atoms with E-state index in [2.05, 4.69) is 54.3 Å². The van der Waals surface area contributed by atoms with Crippen LogP contribution in [0.4, 0.5) is 158 Å². The molecule has 3 fully saturated rings. The van der Waals surface area contributed by atoms with Crippen molar-refractivity contribution in [1.29, 1.82) is 0 Å². The van der Waals surface area contributed by atoms with Crippen molar-refractivity contribution in [2.75, 3.05) is 137 Å². The average molecular weight is 2100 g/mol. The van der Waals surface area contributed by atoms with Crippen molar-refractivity contribution in [2.45, 2.75) is 113 Å². The van der Waals surface area contributed by atoms with Gasteiger partial charge in [-0.05, 0) is 38.5 Å². The number of hydrogen-bond acceptors (Lipinski definition) is 15. The molecule has 15 nitrogen and oxygen atoms in total. The van der Waals surface area contributed by atoms with Crippen molar-refractivity contribution in [1.82, 2.24) is 0 Å².